The third-order valence-electron chi connectivity index (χ3n) is 5.50. The highest BCUT2D eigenvalue weighted by Crippen LogP contribution is 2.28. The second-order valence-corrected chi connectivity index (χ2v) is 7.81. The molecule has 0 aliphatic carbocycles. The number of aromatic nitrogens is 1. The predicted molar refractivity (Wildman–Crippen MR) is 129 cm³/mol. The summed E-state index contributed by atoms with van der Waals surface area (Å²) in [5, 5.41) is 13.6. The Balaban J connectivity index is 1.44. The number of hydrogen-bond donors (Lipinski definition) is 1. The fraction of sp³-hybridized carbons (Fsp3) is 0.154. The average molecular weight is 441 g/mol. The number of hydrogen-bond acceptors (Lipinski definition) is 5. The van der Waals surface area contributed by atoms with Crippen molar-refractivity contribution in [2.75, 3.05) is 5.32 Å². The Morgan fingerprint density at radius 2 is 1.94 bits per heavy atom. The van der Waals surface area contributed by atoms with E-state index in [0.717, 1.165) is 23.1 Å². The summed E-state index contributed by atoms with van der Waals surface area (Å²) < 4.78 is 5.90. The number of amides is 1. The molecule has 0 bridgehead atoms. The first-order valence-electron chi connectivity index (χ1n) is 10.7. The van der Waals surface area contributed by atoms with Crippen LogP contribution in [0.1, 0.15) is 37.3 Å². The summed E-state index contributed by atoms with van der Waals surface area (Å²) in [6.07, 6.45) is 3.93. The van der Waals surface area contributed by atoms with E-state index in [1.54, 1.807) is 24.3 Å². The molecule has 4 rings (SSSR count). The van der Waals surface area contributed by atoms with Gasteiger partial charge >= 0.3 is 0 Å². The van der Waals surface area contributed by atoms with E-state index in [-0.39, 0.29) is 11.6 Å². The highest BCUT2D eigenvalue weighted by molar-refractivity contribution is 6.02. The van der Waals surface area contributed by atoms with Crippen LogP contribution in [0.3, 0.4) is 0 Å². The lowest BCUT2D eigenvalue weighted by atomic mass is 9.98. The van der Waals surface area contributed by atoms with Gasteiger partial charge in [-0.2, -0.15) is 0 Å². The number of nitrogens with one attached hydrogen (secondary N) is 1. The molecule has 4 aromatic rings. The molecule has 0 spiro atoms. The maximum absolute atomic E-state index is 12.2. The van der Waals surface area contributed by atoms with Crippen molar-refractivity contribution < 1.29 is 14.1 Å². The number of benzene rings is 3. The van der Waals surface area contributed by atoms with E-state index in [2.05, 4.69) is 36.3 Å². The molecule has 0 unspecified atom stereocenters. The monoisotopic (exact) mass is 441 g/mol. The molecule has 33 heavy (non-hydrogen) atoms. The largest absolute Gasteiger partial charge is 0.436 e. The van der Waals surface area contributed by atoms with Crippen molar-refractivity contribution in [2.24, 2.45) is 0 Å². The van der Waals surface area contributed by atoms with Gasteiger partial charge in [-0.3, -0.25) is 14.9 Å². The molecule has 1 N–H and O–H groups in total. The van der Waals surface area contributed by atoms with Crippen molar-refractivity contribution in [1.29, 1.82) is 0 Å². The Morgan fingerprint density at radius 3 is 2.67 bits per heavy atom. The molecule has 0 saturated heterocycles. The molecule has 0 aliphatic rings. The van der Waals surface area contributed by atoms with E-state index in [4.69, 9.17) is 4.42 Å². The number of fused-ring (bicyclic) bond motifs is 1. The van der Waals surface area contributed by atoms with E-state index in [9.17, 15) is 14.9 Å². The van der Waals surface area contributed by atoms with E-state index in [0.29, 0.717) is 23.1 Å². The quantitative estimate of drug-likeness (QED) is 0.199. The lowest BCUT2D eigenvalue weighted by molar-refractivity contribution is -0.384. The number of anilines is 1. The van der Waals surface area contributed by atoms with E-state index in [1.807, 2.05) is 18.2 Å². The fourth-order valence-corrected chi connectivity index (χ4v) is 3.40. The zero-order valence-corrected chi connectivity index (χ0v) is 18.3. The first kappa shape index (κ1) is 22.0. The molecule has 0 fully saturated rings. The van der Waals surface area contributed by atoms with Crippen LogP contribution in [-0.2, 0) is 4.79 Å². The number of non-ortho nitro benzene ring substituents is 1. The Kier molecular flexibility index (Phi) is 6.31. The molecule has 7 heteroatoms. The van der Waals surface area contributed by atoms with Crippen LogP contribution in [-0.4, -0.2) is 15.8 Å². The van der Waals surface area contributed by atoms with E-state index < -0.39 is 4.92 Å². The summed E-state index contributed by atoms with van der Waals surface area (Å²) in [6, 6.07) is 19.4. The van der Waals surface area contributed by atoms with Gasteiger partial charge in [0, 0.05) is 29.5 Å². The summed E-state index contributed by atoms with van der Waals surface area (Å²) in [7, 11) is 0. The summed E-state index contributed by atoms with van der Waals surface area (Å²) in [5.74, 6) is 0.645. The Bertz CT molecular complexity index is 1340. The van der Waals surface area contributed by atoms with Crippen LogP contribution in [0.5, 0.6) is 0 Å². The van der Waals surface area contributed by atoms with Crippen LogP contribution in [0.25, 0.3) is 28.6 Å². The normalized spacial score (nSPS) is 12.2. The maximum Gasteiger partial charge on any atom is 0.270 e. The van der Waals surface area contributed by atoms with Gasteiger partial charge in [0.15, 0.2) is 5.58 Å². The number of oxazole rings is 1. The average Bonchev–Trinajstić information content (AvgIpc) is 3.26. The molecule has 166 valence electrons. The molecular weight excluding hydrogens is 418 g/mol. The second kappa shape index (κ2) is 9.48. The minimum Gasteiger partial charge on any atom is -0.436 e. The molecule has 1 atom stereocenters. The standard InChI is InChI=1S/C26H23N3O4/c1-3-17(2)20-10-13-24-23(16-20)28-26(33-24)19-8-11-21(12-9-19)27-25(30)14-7-18-5-4-6-22(15-18)29(31)32/h4-17H,3H2,1-2H3,(H,27,30)/b14-7+/t17-/m1/s1. The Morgan fingerprint density at radius 1 is 1.15 bits per heavy atom. The summed E-state index contributed by atoms with van der Waals surface area (Å²) in [5.41, 5.74) is 4.77. The van der Waals surface area contributed by atoms with Gasteiger partial charge in [-0.1, -0.05) is 32.0 Å². The summed E-state index contributed by atoms with van der Waals surface area (Å²) >= 11 is 0. The minimum atomic E-state index is -0.472. The summed E-state index contributed by atoms with van der Waals surface area (Å²) in [4.78, 5) is 27.2. The van der Waals surface area contributed by atoms with Crippen LogP contribution in [0.4, 0.5) is 11.4 Å². The maximum atomic E-state index is 12.2. The van der Waals surface area contributed by atoms with Gasteiger partial charge < -0.3 is 9.73 Å². The van der Waals surface area contributed by atoms with Crippen molar-refractivity contribution in [2.45, 2.75) is 26.2 Å². The molecule has 1 heterocycles. The zero-order valence-electron chi connectivity index (χ0n) is 18.3. The fourth-order valence-electron chi connectivity index (χ4n) is 3.40. The molecule has 7 nitrogen and oxygen atoms in total. The van der Waals surface area contributed by atoms with Crippen molar-refractivity contribution in [1.82, 2.24) is 4.98 Å². The second-order valence-electron chi connectivity index (χ2n) is 7.81. The number of nitro benzene ring substituents is 1. The number of rotatable bonds is 7. The lowest BCUT2D eigenvalue weighted by Crippen LogP contribution is -2.07. The predicted octanol–water partition coefficient (Wildman–Crippen LogP) is 6.57. The number of carbonyl (C=O) groups excluding carboxylic acids is 1. The molecule has 3 aromatic carbocycles. The van der Waals surface area contributed by atoms with Crippen molar-refractivity contribution in [3.8, 4) is 11.5 Å². The number of nitrogens with zero attached hydrogens (tertiary/aromatic N) is 2. The van der Waals surface area contributed by atoms with Gasteiger partial charge in [0.1, 0.15) is 5.52 Å². The van der Waals surface area contributed by atoms with Crippen LogP contribution in [0, 0.1) is 10.1 Å². The topological polar surface area (TPSA) is 98.3 Å². The molecule has 1 amide bonds. The number of nitro groups is 1. The highest BCUT2D eigenvalue weighted by Gasteiger charge is 2.11. The first-order chi connectivity index (χ1) is 15.9. The molecule has 0 radical (unpaired) electrons. The Labute approximate surface area is 190 Å². The molecule has 1 aromatic heterocycles. The van der Waals surface area contributed by atoms with Gasteiger partial charge in [0.2, 0.25) is 11.8 Å². The van der Waals surface area contributed by atoms with Crippen molar-refractivity contribution in [3.63, 3.8) is 0 Å². The minimum absolute atomic E-state index is 0.0246. The van der Waals surface area contributed by atoms with Crippen molar-refractivity contribution in [3.05, 3.63) is 94.0 Å². The third kappa shape index (κ3) is 5.15. The van der Waals surface area contributed by atoms with E-state index in [1.165, 1.54) is 29.8 Å². The smallest absolute Gasteiger partial charge is 0.270 e. The SMILES string of the molecule is CC[C@@H](C)c1ccc2oc(-c3ccc(NC(=O)/C=C/c4cccc([N+](=O)[O-])c4)cc3)nc2c1. The van der Waals surface area contributed by atoms with Crippen LogP contribution in [0.15, 0.2) is 77.2 Å². The highest BCUT2D eigenvalue weighted by atomic mass is 16.6. The number of carbonyl (C=O) groups is 1. The van der Waals surface area contributed by atoms with Gasteiger partial charge in [0.05, 0.1) is 4.92 Å². The van der Waals surface area contributed by atoms with Gasteiger partial charge in [0.25, 0.3) is 5.69 Å². The first-order valence-corrected chi connectivity index (χ1v) is 10.7. The van der Waals surface area contributed by atoms with Gasteiger partial charge in [-0.25, -0.2) is 4.98 Å². The van der Waals surface area contributed by atoms with E-state index >= 15 is 0 Å². The van der Waals surface area contributed by atoms with Crippen LogP contribution >= 0.6 is 0 Å². The van der Waals surface area contributed by atoms with Crippen molar-refractivity contribution >= 4 is 34.5 Å². The van der Waals surface area contributed by atoms with Gasteiger partial charge in [-0.15, -0.1) is 0 Å². The lowest BCUT2D eigenvalue weighted by Gasteiger charge is -2.07. The van der Waals surface area contributed by atoms with Crippen LogP contribution < -0.4 is 5.32 Å². The van der Waals surface area contributed by atoms with Crippen LogP contribution in [0.2, 0.25) is 0 Å². The Hall–Kier alpha value is -4.26. The zero-order chi connectivity index (χ0) is 23.4. The summed E-state index contributed by atoms with van der Waals surface area (Å²) in [6.45, 7) is 4.35. The molecular formula is C26H23N3O4. The third-order valence-corrected chi connectivity index (χ3v) is 5.50. The molecule has 0 saturated carbocycles. The van der Waals surface area contributed by atoms with Gasteiger partial charge in [-0.05, 0) is 65.9 Å². The molecule has 0 aliphatic heterocycles.